The van der Waals surface area contributed by atoms with E-state index in [0.717, 1.165) is 6.07 Å². The SMILES string of the molecule is CCOC(=O)c1cc(Cl)cc([N+](=O)[O-])c1. The fraction of sp³-hybridized carbons (Fsp3) is 0.222. The molecule has 0 aromatic heterocycles. The van der Waals surface area contributed by atoms with Crippen LogP contribution < -0.4 is 0 Å². The molecule has 0 bridgehead atoms. The average Bonchev–Trinajstić information content (AvgIpc) is 2.17. The second kappa shape index (κ2) is 4.75. The van der Waals surface area contributed by atoms with Gasteiger partial charge in [0.1, 0.15) is 0 Å². The van der Waals surface area contributed by atoms with Gasteiger partial charge >= 0.3 is 5.97 Å². The summed E-state index contributed by atoms with van der Waals surface area (Å²) in [5.41, 5.74) is -0.151. The van der Waals surface area contributed by atoms with E-state index < -0.39 is 10.9 Å². The van der Waals surface area contributed by atoms with Crippen LogP contribution in [-0.2, 0) is 4.74 Å². The zero-order valence-corrected chi connectivity index (χ0v) is 8.65. The molecule has 0 unspecified atom stereocenters. The summed E-state index contributed by atoms with van der Waals surface area (Å²) in [6.07, 6.45) is 0. The second-order valence-corrected chi connectivity index (χ2v) is 3.11. The number of esters is 1. The van der Waals surface area contributed by atoms with Crippen molar-refractivity contribution in [1.29, 1.82) is 0 Å². The van der Waals surface area contributed by atoms with Crippen LogP contribution in [0.5, 0.6) is 0 Å². The fourth-order valence-corrected chi connectivity index (χ4v) is 1.24. The van der Waals surface area contributed by atoms with Gasteiger partial charge in [0.15, 0.2) is 0 Å². The molecule has 0 radical (unpaired) electrons. The zero-order valence-electron chi connectivity index (χ0n) is 7.90. The molecule has 0 spiro atoms. The third-order valence-electron chi connectivity index (χ3n) is 1.60. The Hall–Kier alpha value is -1.62. The molecule has 0 saturated heterocycles. The van der Waals surface area contributed by atoms with Gasteiger partial charge in [0, 0.05) is 17.2 Å². The molecule has 0 heterocycles. The van der Waals surface area contributed by atoms with Crippen molar-refractivity contribution in [2.75, 3.05) is 6.61 Å². The van der Waals surface area contributed by atoms with E-state index in [9.17, 15) is 14.9 Å². The molecule has 6 heteroatoms. The number of halogens is 1. The Labute approximate surface area is 90.8 Å². The van der Waals surface area contributed by atoms with Gasteiger partial charge in [0.05, 0.1) is 17.1 Å². The number of carbonyl (C=O) groups excluding carboxylic acids is 1. The van der Waals surface area contributed by atoms with Crippen LogP contribution in [0.25, 0.3) is 0 Å². The van der Waals surface area contributed by atoms with Crippen molar-refractivity contribution in [1.82, 2.24) is 0 Å². The smallest absolute Gasteiger partial charge is 0.338 e. The molecule has 0 N–H and O–H groups in total. The summed E-state index contributed by atoms with van der Waals surface area (Å²) in [6.45, 7) is 1.86. The molecular weight excluding hydrogens is 222 g/mol. The van der Waals surface area contributed by atoms with E-state index >= 15 is 0 Å². The Morgan fingerprint density at radius 3 is 2.73 bits per heavy atom. The molecule has 5 nitrogen and oxygen atoms in total. The summed E-state index contributed by atoms with van der Waals surface area (Å²) in [6, 6.07) is 3.63. The summed E-state index contributed by atoms with van der Waals surface area (Å²) >= 11 is 5.63. The summed E-state index contributed by atoms with van der Waals surface area (Å²) in [4.78, 5) is 21.1. The Morgan fingerprint density at radius 2 is 2.20 bits per heavy atom. The molecule has 0 saturated carbocycles. The van der Waals surface area contributed by atoms with E-state index in [4.69, 9.17) is 16.3 Å². The monoisotopic (exact) mass is 229 g/mol. The van der Waals surface area contributed by atoms with Crippen LogP contribution in [0.2, 0.25) is 5.02 Å². The minimum absolute atomic E-state index is 0.0797. The third-order valence-corrected chi connectivity index (χ3v) is 1.82. The van der Waals surface area contributed by atoms with Crippen molar-refractivity contribution in [3.05, 3.63) is 38.9 Å². The Bertz CT molecular complexity index is 405. The van der Waals surface area contributed by atoms with Crippen LogP contribution in [0.3, 0.4) is 0 Å². The maximum Gasteiger partial charge on any atom is 0.338 e. The average molecular weight is 230 g/mol. The van der Waals surface area contributed by atoms with Gasteiger partial charge < -0.3 is 4.74 Å². The number of nitrogens with zero attached hydrogens (tertiary/aromatic N) is 1. The number of non-ortho nitro benzene ring substituents is 1. The van der Waals surface area contributed by atoms with Gasteiger partial charge in [-0.25, -0.2) is 4.79 Å². The predicted molar refractivity (Wildman–Crippen MR) is 54.1 cm³/mol. The molecule has 1 rings (SSSR count). The maximum absolute atomic E-state index is 11.3. The highest BCUT2D eigenvalue weighted by atomic mass is 35.5. The molecule has 0 atom stereocenters. The Kier molecular flexibility index (Phi) is 3.62. The van der Waals surface area contributed by atoms with Gasteiger partial charge in [0.25, 0.3) is 5.69 Å². The largest absolute Gasteiger partial charge is 0.462 e. The van der Waals surface area contributed by atoms with Gasteiger partial charge in [0.2, 0.25) is 0 Å². The van der Waals surface area contributed by atoms with E-state index in [-0.39, 0.29) is 22.9 Å². The van der Waals surface area contributed by atoms with Crippen molar-refractivity contribution in [3.63, 3.8) is 0 Å². The molecule has 1 aromatic carbocycles. The lowest BCUT2D eigenvalue weighted by atomic mass is 10.2. The first-order valence-corrected chi connectivity index (χ1v) is 4.54. The number of carbonyl (C=O) groups is 1. The van der Waals surface area contributed by atoms with Crippen LogP contribution >= 0.6 is 11.6 Å². The number of rotatable bonds is 3. The molecule has 0 amide bonds. The van der Waals surface area contributed by atoms with Crippen molar-refractivity contribution < 1.29 is 14.5 Å². The van der Waals surface area contributed by atoms with Gasteiger partial charge in [-0.1, -0.05) is 11.6 Å². The number of ether oxygens (including phenoxy) is 1. The number of hydrogen-bond acceptors (Lipinski definition) is 4. The first kappa shape index (κ1) is 11.5. The molecular formula is C9H8ClNO4. The highest BCUT2D eigenvalue weighted by Gasteiger charge is 2.14. The van der Waals surface area contributed by atoms with Crippen LogP contribution in [-0.4, -0.2) is 17.5 Å². The van der Waals surface area contributed by atoms with Crippen LogP contribution in [0.1, 0.15) is 17.3 Å². The van der Waals surface area contributed by atoms with Gasteiger partial charge in [-0.2, -0.15) is 0 Å². The van der Waals surface area contributed by atoms with E-state index in [1.807, 2.05) is 0 Å². The normalized spacial score (nSPS) is 9.73. The van der Waals surface area contributed by atoms with Crippen molar-refractivity contribution in [2.24, 2.45) is 0 Å². The van der Waals surface area contributed by atoms with Gasteiger partial charge in [-0.3, -0.25) is 10.1 Å². The van der Waals surface area contributed by atoms with Crippen LogP contribution in [0, 0.1) is 10.1 Å². The molecule has 0 aliphatic heterocycles. The van der Waals surface area contributed by atoms with E-state index in [1.54, 1.807) is 6.92 Å². The van der Waals surface area contributed by atoms with Crippen molar-refractivity contribution in [3.8, 4) is 0 Å². The summed E-state index contributed by atoms with van der Waals surface area (Å²) < 4.78 is 4.70. The first-order chi connectivity index (χ1) is 7.04. The number of nitro benzene ring substituents is 1. The molecule has 0 fully saturated rings. The maximum atomic E-state index is 11.3. The number of hydrogen-bond donors (Lipinski definition) is 0. The highest BCUT2D eigenvalue weighted by molar-refractivity contribution is 6.31. The fourth-order valence-electron chi connectivity index (χ4n) is 1.01. The van der Waals surface area contributed by atoms with Gasteiger partial charge in [-0.05, 0) is 13.0 Å². The lowest BCUT2D eigenvalue weighted by Crippen LogP contribution is -2.05. The van der Waals surface area contributed by atoms with Crippen LogP contribution in [0.4, 0.5) is 5.69 Å². The predicted octanol–water partition coefficient (Wildman–Crippen LogP) is 2.42. The number of nitro groups is 1. The molecule has 80 valence electrons. The van der Waals surface area contributed by atoms with E-state index in [2.05, 4.69) is 0 Å². The summed E-state index contributed by atoms with van der Waals surface area (Å²) in [5.74, 6) is -0.622. The zero-order chi connectivity index (χ0) is 11.4. The Balaban J connectivity index is 3.09. The highest BCUT2D eigenvalue weighted by Crippen LogP contribution is 2.21. The summed E-state index contributed by atoms with van der Waals surface area (Å²) in [7, 11) is 0. The first-order valence-electron chi connectivity index (χ1n) is 4.16. The quantitative estimate of drug-likeness (QED) is 0.453. The van der Waals surface area contributed by atoms with Crippen molar-refractivity contribution >= 4 is 23.3 Å². The topological polar surface area (TPSA) is 69.4 Å². The summed E-state index contributed by atoms with van der Waals surface area (Å²) in [5, 5.41) is 10.6. The lowest BCUT2D eigenvalue weighted by Gasteiger charge is -2.01. The Morgan fingerprint density at radius 1 is 1.53 bits per heavy atom. The lowest BCUT2D eigenvalue weighted by molar-refractivity contribution is -0.384. The van der Waals surface area contributed by atoms with Crippen molar-refractivity contribution in [2.45, 2.75) is 6.92 Å². The standard InChI is InChI=1S/C9H8ClNO4/c1-2-15-9(12)6-3-7(10)5-8(4-6)11(13)14/h3-5H,2H2,1H3. The minimum Gasteiger partial charge on any atom is -0.462 e. The minimum atomic E-state index is -0.622. The van der Waals surface area contributed by atoms with Gasteiger partial charge in [-0.15, -0.1) is 0 Å². The molecule has 0 aliphatic carbocycles. The van der Waals surface area contributed by atoms with E-state index in [0.29, 0.717) is 0 Å². The molecule has 0 aliphatic rings. The molecule has 1 aromatic rings. The third kappa shape index (κ3) is 2.92. The number of benzene rings is 1. The molecule has 15 heavy (non-hydrogen) atoms. The van der Waals surface area contributed by atoms with Crippen LogP contribution in [0.15, 0.2) is 18.2 Å². The van der Waals surface area contributed by atoms with E-state index in [1.165, 1.54) is 12.1 Å². The second-order valence-electron chi connectivity index (χ2n) is 2.68.